The monoisotopic (exact) mass is 382 g/mol. The van der Waals surface area contributed by atoms with Gasteiger partial charge in [-0.1, -0.05) is 18.2 Å². The van der Waals surface area contributed by atoms with Crippen LogP contribution in [0, 0.1) is 13.8 Å². The van der Waals surface area contributed by atoms with E-state index in [1.807, 2.05) is 26.0 Å². The van der Waals surface area contributed by atoms with E-state index >= 15 is 0 Å². The fourth-order valence-electron chi connectivity index (χ4n) is 2.82. The summed E-state index contributed by atoms with van der Waals surface area (Å²) in [6.07, 6.45) is 1.41. The van der Waals surface area contributed by atoms with Crippen LogP contribution in [-0.4, -0.2) is 29.1 Å². The molecule has 1 aliphatic heterocycles. The zero-order valence-corrected chi connectivity index (χ0v) is 15.9. The van der Waals surface area contributed by atoms with Gasteiger partial charge in [-0.25, -0.2) is 0 Å². The lowest BCUT2D eigenvalue weighted by Crippen LogP contribution is -2.54. The summed E-state index contributed by atoms with van der Waals surface area (Å²) in [7, 11) is 1.44. The number of nitrogens with one attached hydrogen (secondary N) is 1. The zero-order chi connectivity index (χ0) is 19.7. The molecular weight excluding hydrogens is 364 g/mol. The third-order valence-corrected chi connectivity index (χ3v) is 4.72. The summed E-state index contributed by atoms with van der Waals surface area (Å²) in [5, 5.41) is 12.5. The summed E-state index contributed by atoms with van der Waals surface area (Å²) in [5.41, 5.74) is 2.93. The quantitative estimate of drug-likeness (QED) is 0.485. The third-order valence-electron chi connectivity index (χ3n) is 4.43. The number of nitrogens with zero attached hydrogens (tertiary/aromatic N) is 1. The number of thiocarbonyl (C=S) groups is 1. The van der Waals surface area contributed by atoms with Gasteiger partial charge in [-0.2, -0.15) is 0 Å². The fraction of sp³-hybridized carbons (Fsp3) is 0.150. The molecule has 0 aromatic heterocycles. The summed E-state index contributed by atoms with van der Waals surface area (Å²) in [6.45, 7) is 3.83. The van der Waals surface area contributed by atoms with Crippen molar-refractivity contribution in [1.82, 2.24) is 5.32 Å². The summed E-state index contributed by atoms with van der Waals surface area (Å²) < 4.78 is 5.00. The Kier molecular flexibility index (Phi) is 4.96. The number of phenols is 1. The molecule has 27 heavy (non-hydrogen) atoms. The van der Waals surface area contributed by atoms with Gasteiger partial charge in [0.2, 0.25) is 0 Å². The van der Waals surface area contributed by atoms with E-state index in [0.717, 1.165) is 11.1 Å². The Hall–Kier alpha value is -3.19. The van der Waals surface area contributed by atoms with Crippen LogP contribution in [0.5, 0.6) is 11.5 Å². The van der Waals surface area contributed by atoms with E-state index in [1.54, 1.807) is 18.2 Å². The number of aryl methyl sites for hydroxylation is 1. The van der Waals surface area contributed by atoms with Crippen LogP contribution in [0.4, 0.5) is 5.69 Å². The maximum absolute atomic E-state index is 13.0. The number of amides is 2. The highest BCUT2D eigenvalue weighted by Gasteiger charge is 2.35. The van der Waals surface area contributed by atoms with Gasteiger partial charge in [-0.3, -0.25) is 19.8 Å². The lowest BCUT2D eigenvalue weighted by atomic mass is 10.0. The van der Waals surface area contributed by atoms with Crippen molar-refractivity contribution in [1.29, 1.82) is 0 Å². The highest BCUT2D eigenvalue weighted by Crippen LogP contribution is 2.29. The molecule has 1 aliphatic rings. The Balaban J connectivity index is 2.05. The number of methoxy groups -OCH3 is 1. The van der Waals surface area contributed by atoms with Gasteiger partial charge in [0.15, 0.2) is 16.6 Å². The molecule has 0 saturated carbocycles. The average molecular weight is 382 g/mol. The van der Waals surface area contributed by atoms with Crippen molar-refractivity contribution in [2.75, 3.05) is 12.0 Å². The zero-order valence-electron chi connectivity index (χ0n) is 15.1. The van der Waals surface area contributed by atoms with E-state index in [4.69, 9.17) is 17.0 Å². The molecule has 2 amide bonds. The normalized spacial score (nSPS) is 15.9. The predicted molar refractivity (Wildman–Crippen MR) is 107 cm³/mol. The maximum atomic E-state index is 13.0. The highest BCUT2D eigenvalue weighted by molar-refractivity contribution is 7.80. The molecule has 1 saturated heterocycles. The number of ether oxygens (including phenoxy) is 1. The van der Waals surface area contributed by atoms with E-state index in [0.29, 0.717) is 17.0 Å². The largest absolute Gasteiger partial charge is 0.504 e. The Morgan fingerprint density at radius 3 is 2.59 bits per heavy atom. The van der Waals surface area contributed by atoms with Crippen molar-refractivity contribution >= 4 is 40.9 Å². The molecule has 0 spiro atoms. The standard InChI is InChI=1S/C20H18N2O4S/c1-11-5-4-6-15(12(11)2)22-19(25)14(18(24)21-20(22)27)9-13-7-8-17(26-3)16(23)10-13/h4-10,23H,1-3H3,(H,21,24,27)/b14-9+. The van der Waals surface area contributed by atoms with Crippen molar-refractivity contribution in [2.45, 2.75) is 13.8 Å². The van der Waals surface area contributed by atoms with Crippen molar-refractivity contribution in [3.8, 4) is 11.5 Å². The molecule has 0 bridgehead atoms. The average Bonchev–Trinajstić information content (AvgIpc) is 2.62. The number of anilines is 1. The van der Waals surface area contributed by atoms with Crippen LogP contribution < -0.4 is 15.0 Å². The third kappa shape index (κ3) is 3.41. The Bertz CT molecular complexity index is 997. The Morgan fingerprint density at radius 2 is 1.93 bits per heavy atom. The molecule has 0 aliphatic carbocycles. The number of hydrogen-bond acceptors (Lipinski definition) is 5. The van der Waals surface area contributed by atoms with Crippen LogP contribution in [-0.2, 0) is 9.59 Å². The summed E-state index contributed by atoms with van der Waals surface area (Å²) in [4.78, 5) is 26.7. The number of carbonyl (C=O) groups excluding carboxylic acids is 2. The minimum atomic E-state index is -0.582. The predicted octanol–water partition coefficient (Wildman–Crippen LogP) is 2.85. The minimum Gasteiger partial charge on any atom is -0.504 e. The van der Waals surface area contributed by atoms with Crippen molar-refractivity contribution in [3.63, 3.8) is 0 Å². The fourth-order valence-corrected chi connectivity index (χ4v) is 3.09. The number of hydrogen-bond donors (Lipinski definition) is 2. The SMILES string of the molecule is COc1ccc(/C=C2\C(=O)NC(=S)N(c3cccc(C)c3C)C2=O)cc1O. The molecule has 0 unspecified atom stereocenters. The Labute approximate surface area is 162 Å². The van der Waals surface area contributed by atoms with Crippen LogP contribution in [0.2, 0.25) is 0 Å². The second-order valence-corrected chi connectivity index (χ2v) is 6.49. The molecule has 6 nitrogen and oxygen atoms in total. The van der Waals surface area contributed by atoms with E-state index in [-0.39, 0.29) is 16.4 Å². The van der Waals surface area contributed by atoms with E-state index in [1.165, 1.54) is 24.2 Å². The number of aromatic hydroxyl groups is 1. The lowest BCUT2D eigenvalue weighted by molar-refractivity contribution is -0.122. The van der Waals surface area contributed by atoms with Gasteiger partial charge in [0, 0.05) is 0 Å². The van der Waals surface area contributed by atoms with Gasteiger partial charge < -0.3 is 9.84 Å². The Morgan fingerprint density at radius 1 is 1.19 bits per heavy atom. The summed E-state index contributed by atoms with van der Waals surface area (Å²) in [6, 6.07) is 10.2. The first-order valence-corrected chi connectivity index (χ1v) is 8.59. The van der Waals surface area contributed by atoms with Gasteiger partial charge >= 0.3 is 0 Å². The smallest absolute Gasteiger partial charge is 0.270 e. The van der Waals surface area contributed by atoms with Crippen molar-refractivity contribution < 1.29 is 19.4 Å². The number of rotatable bonds is 3. The molecular formula is C20H18N2O4S. The summed E-state index contributed by atoms with van der Waals surface area (Å²) >= 11 is 5.23. The molecule has 1 heterocycles. The first-order valence-electron chi connectivity index (χ1n) is 8.18. The van der Waals surface area contributed by atoms with Gasteiger partial charge in [-0.15, -0.1) is 0 Å². The van der Waals surface area contributed by atoms with Gasteiger partial charge in [0.25, 0.3) is 11.8 Å². The van der Waals surface area contributed by atoms with Crippen molar-refractivity contribution in [2.24, 2.45) is 0 Å². The number of benzene rings is 2. The maximum Gasteiger partial charge on any atom is 0.270 e. The van der Waals surface area contributed by atoms with Gasteiger partial charge in [0.1, 0.15) is 5.57 Å². The van der Waals surface area contributed by atoms with Crippen LogP contribution in [0.25, 0.3) is 6.08 Å². The first-order chi connectivity index (χ1) is 12.8. The molecule has 138 valence electrons. The van der Waals surface area contributed by atoms with Crippen molar-refractivity contribution in [3.05, 3.63) is 58.7 Å². The molecule has 7 heteroatoms. The lowest BCUT2D eigenvalue weighted by Gasteiger charge is -2.30. The molecule has 2 N–H and O–H groups in total. The minimum absolute atomic E-state index is 0.0356. The molecule has 2 aromatic carbocycles. The second-order valence-electron chi connectivity index (χ2n) is 6.11. The summed E-state index contributed by atoms with van der Waals surface area (Å²) in [5.74, 6) is -0.887. The van der Waals surface area contributed by atoms with Crippen LogP contribution >= 0.6 is 12.2 Å². The molecule has 2 aromatic rings. The van der Waals surface area contributed by atoms with Crippen LogP contribution in [0.3, 0.4) is 0 Å². The number of carbonyl (C=O) groups is 2. The van der Waals surface area contributed by atoms with Crippen LogP contribution in [0.15, 0.2) is 42.0 Å². The van der Waals surface area contributed by atoms with E-state index < -0.39 is 11.8 Å². The first kappa shape index (κ1) is 18.6. The van der Waals surface area contributed by atoms with Crippen LogP contribution in [0.1, 0.15) is 16.7 Å². The van der Waals surface area contributed by atoms with Gasteiger partial charge in [0.05, 0.1) is 12.8 Å². The molecule has 1 fully saturated rings. The second kappa shape index (κ2) is 7.20. The molecule has 0 radical (unpaired) electrons. The van der Waals surface area contributed by atoms with Gasteiger partial charge in [-0.05, 0) is 67.0 Å². The van der Waals surface area contributed by atoms with E-state index in [2.05, 4.69) is 5.32 Å². The number of phenolic OH excluding ortho intramolecular Hbond substituents is 1. The molecule has 3 rings (SSSR count). The topological polar surface area (TPSA) is 78.9 Å². The van der Waals surface area contributed by atoms with E-state index in [9.17, 15) is 14.7 Å². The highest BCUT2D eigenvalue weighted by atomic mass is 32.1. The molecule has 0 atom stereocenters.